The number of hydrogen-bond donors (Lipinski definition) is 2. The summed E-state index contributed by atoms with van der Waals surface area (Å²) in [6, 6.07) is 10.4. The molecule has 0 fully saturated rings. The summed E-state index contributed by atoms with van der Waals surface area (Å²) >= 11 is 0. The number of benzene rings is 2. The molecule has 2 aromatic carbocycles. The molecule has 2 aromatic rings. The summed E-state index contributed by atoms with van der Waals surface area (Å²) in [5.74, 6) is -1.72. The second-order valence-electron chi connectivity index (χ2n) is 6.00. The van der Waals surface area contributed by atoms with Crippen molar-refractivity contribution in [2.24, 2.45) is 0 Å². The van der Waals surface area contributed by atoms with Gasteiger partial charge in [0.1, 0.15) is 24.0 Å². The van der Waals surface area contributed by atoms with Gasteiger partial charge in [-0.3, -0.25) is 9.59 Å². The zero-order chi connectivity index (χ0) is 19.6. The first kappa shape index (κ1) is 20.4. The molecule has 0 atom stereocenters. The van der Waals surface area contributed by atoms with Crippen molar-refractivity contribution < 1.29 is 23.1 Å². The molecule has 2 rings (SSSR count). The maximum Gasteiger partial charge on any atom is 0.254 e. The number of rotatable bonds is 9. The largest absolute Gasteiger partial charge is 0.492 e. The van der Waals surface area contributed by atoms with Crippen molar-refractivity contribution in [3.8, 4) is 5.75 Å². The van der Waals surface area contributed by atoms with E-state index in [2.05, 4.69) is 10.6 Å². The third kappa shape index (κ3) is 7.05. The van der Waals surface area contributed by atoms with Crippen molar-refractivity contribution in [2.75, 3.05) is 19.7 Å². The summed E-state index contributed by atoms with van der Waals surface area (Å²) < 4.78 is 31.8. The number of hydrogen-bond acceptors (Lipinski definition) is 3. The molecule has 0 aliphatic carbocycles. The number of halogens is 2. The van der Waals surface area contributed by atoms with Gasteiger partial charge >= 0.3 is 0 Å². The number of nitrogens with one attached hydrogen (secondary N) is 2. The van der Waals surface area contributed by atoms with E-state index in [-0.39, 0.29) is 24.4 Å². The Morgan fingerprint density at radius 3 is 2.44 bits per heavy atom. The first-order valence-corrected chi connectivity index (χ1v) is 8.65. The molecular weight excluding hydrogens is 354 g/mol. The maximum atomic E-state index is 13.5. The summed E-state index contributed by atoms with van der Waals surface area (Å²) in [4.78, 5) is 23.5. The monoisotopic (exact) mass is 376 g/mol. The maximum absolute atomic E-state index is 13.5. The lowest BCUT2D eigenvalue weighted by Crippen LogP contribution is -2.30. The van der Waals surface area contributed by atoms with Crippen molar-refractivity contribution in [2.45, 2.75) is 19.8 Å². The van der Waals surface area contributed by atoms with E-state index in [1.807, 2.05) is 31.2 Å². The van der Waals surface area contributed by atoms with Gasteiger partial charge in [-0.2, -0.15) is 0 Å². The van der Waals surface area contributed by atoms with Gasteiger partial charge in [0.2, 0.25) is 5.91 Å². The predicted molar refractivity (Wildman–Crippen MR) is 97.6 cm³/mol. The molecule has 2 amide bonds. The molecule has 5 nitrogen and oxygen atoms in total. The van der Waals surface area contributed by atoms with E-state index < -0.39 is 17.5 Å². The summed E-state index contributed by atoms with van der Waals surface area (Å²) in [6.07, 6.45) is 0.621. The Morgan fingerprint density at radius 1 is 1.00 bits per heavy atom. The highest BCUT2D eigenvalue weighted by Gasteiger charge is 2.12. The van der Waals surface area contributed by atoms with E-state index in [1.54, 1.807) is 0 Å². The SMILES string of the molecule is Cc1ccc(OCCNC(=O)CCCNC(=O)c2ccc(F)cc2F)cc1. The molecule has 0 aliphatic heterocycles. The Morgan fingerprint density at radius 2 is 1.74 bits per heavy atom. The van der Waals surface area contributed by atoms with Gasteiger partial charge in [-0.15, -0.1) is 0 Å². The number of aryl methyl sites for hydroxylation is 1. The fraction of sp³-hybridized carbons (Fsp3) is 0.300. The van der Waals surface area contributed by atoms with Crippen molar-refractivity contribution in [3.63, 3.8) is 0 Å². The lowest BCUT2D eigenvalue weighted by Gasteiger charge is -2.09. The average Bonchev–Trinajstić information content (AvgIpc) is 2.63. The van der Waals surface area contributed by atoms with Gasteiger partial charge < -0.3 is 15.4 Å². The lowest BCUT2D eigenvalue weighted by molar-refractivity contribution is -0.121. The molecule has 0 saturated carbocycles. The molecule has 0 heterocycles. The van der Waals surface area contributed by atoms with Gasteiger partial charge in [-0.25, -0.2) is 8.78 Å². The smallest absolute Gasteiger partial charge is 0.254 e. The van der Waals surface area contributed by atoms with E-state index >= 15 is 0 Å². The van der Waals surface area contributed by atoms with Crippen LogP contribution in [0.15, 0.2) is 42.5 Å². The highest BCUT2D eigenvalue weighted by molar-refractivity contribution is 5.94. The second-order valence-corrected chi connectivity index (χ2v) is 6.00. The summed E-state index contributed by atoms with van der Waals surface area (Å²) in [5.41, 5.74) is 0.916. The van der Waals surface area contributed by atoms with Crippen LogP contribution in [0.25, 0.3) is 0 Å². The van der Waals surface area contributed by atoms with Crippen LogP contribution in [0, 0.1) is 18.6 Å². The van der Waals surface area contributed by atoms with Gasteiger partial charge in [0.05, 0.1) is 12.1 Å². The molecule has 0 aliphatic rings. The molecule has 0 spiro atoms. The highest BCUT2D eigenvalue weighted by atomic mass is 19.1. The minimum atomic E-state index is -0.918. The van der Waals surface area contributed by atoms with E-state index in [4.69, 9.17) is 4.74 Å². The van der Waals surface area contributed by atoms with Gasteiger partial charge in [0, 0.05) is 19.0 Å². The van der Waals surface area contributed by atoms with Crippen molar-refractivity contribution >= 4 is 11.8 Å². The van der Waals surface area contributed by atoms with Crippen LogP contribution in [-0.2, 0) is 4.79 Å². The zero-order valence-electron chi connectivity index (χ0n) is 15.1. The van der Waals surface area contributed by atoms with E-state index in [0.717, 1.165) is 23.4 Å². The first-order valence-electron chi connectivity index (χ1n) is 8.65. The van der Waals surface area contributed by atoms with Crippen LogP contribution < -0.4 is 15.4 Å². The lowest BCUT2D eigenvalue weighted by atomic mass is 10.2. The van der Waals surface area contributed by atoms with E-state index in [1.165, 1.54) is 0 Å². The standard InChI is InChI=1S/C20H22F2N2O3/c1-14-4-7-16(8-5-14)27-12-11-23-19(25)3-2-10-24-20(26)17-9-6-15(21)13-18(17)22/h4-9,13H,2-3,10-12H2,1H3,(H,23,25)(H,24,26). The number of ether oxygens (including phenoxy) is 1. The Labute approximate surface area is 156 Å². The van der Waals surface area contributed by atoms with Crippen LogP contribution in [0.3, 0.4) is 0 Å². The van der Waals surface area contributed by atoms with Gasteiger partial charge in [-0.1, -0.05) is 17.7 Å². The number of carbonyl (C=O) groups is 2. The number of amides is 2. The molecular formula is C20H22F2N2O3. The van der Waals surface area contributed by atoms with Crippen LogP contribution in [0.2, 0.25) is 0 Å². The van der Waals surface area contributed by atoms with Gasteiger partial charge in [-0.05, 0) is 37.6 Å². The molecule has 0 aromatic heterocycles. The first-order chi connectivity index (χ1) is 13.0. The minimum absolute atomic E-state index is 0.162. The molecule has 2 N–H and O–H groups in total. The molecule has 144 valence electrons. The van der Waals surface area contributed by atoms with E-state index in [9.17, 15) is 18.4 Å². The van der Waals surface area contributed by atoms with E-state index in [0.29, 0.717) is 25.6 Å². The zero-order valence-corrected chi connectivity index (χ0v) is 15.1. The Bertz CT molecular complexity index is 779. The van der Waals surface area contributed by atoms with Gasteiger partial charge in [0.25, 0.3) is 5.91 Å². The van der Waals surface area contributed by atoms with Crippen LogP contribution in [-0.4, -0.2) is 31.5 Å². The molecule has 0 radical (unpaired) electrons. The van der Waals surface area contributed by atoms with Crippen molar-refractivity contribution in [3.05, 3.63) is 65.2 Å². The quantitative estimate of drug-likeness (QED) is 0.661. The second kappa shape index (κ2) is 10.3. The normalized spacial score (nSPS) is 10.3. The average molecular weight is 376 g/mol. The third-order valence-corrected chi connectivity index (χ3v) is 3.76. The third-order valence-electron chi connectivity index (χ3n) is 3.76. The minimum Gasteiger partial charge on any atom is -0.492 e. The summed E-state index contributed by atoms with van der Waals surface area (Å²) in [5, 5.41) is 5.22. The topological polar surface area (TPSA) is 67.4 Å². The Hall–Kier alpha value is -2.96. The molecule has 0 bridgehead atoms. The molecule has 0 saturated heterocycles. The van der Waals surface area contributed by atoms with Crippen molar-refractivity contribution in [1.29, 1.82) is 0 Å². The Balaban J connectivity index is 1.57. The Kier molecular flexibility index (Phi) is 7.73. The van der Waals surface area contributed by atoms with Crippen LogP contribution in [0.4, 0.5) is 8.78 Å². The number of carbonyl (C=O) groups excluding carboxylic acids is 2. The molecule has 27 heavy (non-hydrogen) atoms. The highest BCUT2D eigenvalue weighted by Crippen LogP contribution is 2.11. The molecule has 7 heteroatoms. The fourth-order valence-corrected chi connectivity index (χ4v) is 2.30. The van der Waals surface area contributed by atoms with Gasteiger partial charge in [0.15, 0.2) is 0 Å². The summed E-state index contributed by atoms with van der Waals surface area (Å²) in [7, 11) is 0. The summed E-state index contributed by atoms with van der Waals surface area (Å²) in [6.45, 7) is 2.93. The molecule has 0 unspecified atom stereocenters. The van der Waals surface area contributed by atoms with Crippen molar-refractivity contribution in [1.82, 2.24) is 10.6 Å². The van der Waals surface area contributed by atoms with Crippen LogP contribution in [0.1, 0.15) is 28.8 Å². The van der Waals surface area contributed by atoms with Crippen LogP contribution in [0.5, 0.6) is 5.75 Å². The fourth-order valence-electron chi connectivity index (χ4n) is 2.30. The van der Waals surface area contributed by atoms with Crippen LogP contribution >= 0.6 is 0 Å². The predicted octanol–water partition coefficient (Wildman–Crippen LogP) is 2.98.